The number of carbonyl (C=O) groups is 3. The predicted molar refractivity (Wildman–Crippen MR) is 123 cm³/mol. The van der Waals surface area contributed by atoms with E-state index >= 15 is 0 Å². The maximum absolute atomic E-state index is 12.1. The van der Waals surface area contributed by atoms with Crippen LogP contribution in [0, 0.1) is 11.8 Å². The molecule has 1 rings (SSSR count). The van der Waals surface area contributed by atoms with Gasteiger partial charge in [0.05, 0.1) is 5.92 Å². The zero-order chi connectivity index (χ0) is 22.9. The van der Waals surface area contributed by atoms with E-state index in [-0.39, 0.29) is 5.97 Å². The lowest BCUT2D eigenvalue weighted by molar-refractivity contribution is -0.158. The molecule has 3 unspecified atom stereocenters. The standard InChI is InChI=1S/C26H46O5/c1-4-6-7-8-9-10-11-12-13-14-15-16-17-18-19-20-23(27)30-22(5-2)24-21(3)25(28)31-26(24)29/h21-22,24H,4-20H2,1-3H3. The summed E-state index contributed by atoms with van der Waals surface area (Å²) in [5.74, 6) is -2.57. The molecule has 1 aliphatic heterocycles. The second-order valence-corrected chi connectivity index (χ2v) is 9.19. The smallest absolute Gasteiger partial charge is 0.321 e. The Kier molecular flexibility index (Phi) is 15.3. The first-order valence-electron chi connectivity index (χ1n) is 13.0. The Bertz CT molecular complexity index is 516. The van der Waals surface area contributed by atoms with Crippen LogP contribution in [0.25, 0.3) is 0 Å². The van der Waals surface area contributed by atoms with E-state index in [0.29, 0.717) is 12.8 Å². The first-order chi connectivity index (χ1) is 15.0. The summed E-state index contributed by atoms with van der Waals surface area (Å²) in [7, 11) is 0. The molecule has 180 valence electrons. The second-order valence-electron chi connectivity index (χ2n) is 9.19. The number of unbranched alkanes of at least 4 members (excludes halogenated alkanes) is 14. The van der Waals surface area contributed by atoms with Crippen molar-refractivity contribution in [1.29, 1.82) is 0 Å². The minimum atomic E-state index is -0.664. The van der Waals surface area contributed by atoms with Gasteiger partial charge in [-0.05, 0) is 12.8 Å². The van der Waals surface area contributed by atoms with E-state index in [2.05, 4.69) is 11.7 Å². The van der Waals surface area contributed by atoms with Gasteiger partial charge in [-0.1, -0.05) is 111 Å². The fraction of sp³-hybridized carbons (Fsp3) is 0.885. The highest BCUT2D eigenvalue weighted by Gasteiger charge is 2.46. The Morgan fingerprint density at radius 2 is 1.23 bits per heavy atom. The van der Waals surface area contributed by atoms with E-state index in [0.717, 1.165) is 19.3 Å². The molecule has 0 bridgehead atoms. The topological polar surface area (TPSA) is 69.7 Å². The van der Waals surface area contributed by atoms with Crippen LogP contribution in [0.3, 0.4) is 0 Å². The van der Waals surface area contributed by atoms with Gasteiger partial charge in [-0.15, -0.1) is 0 Å². The van der Waals surface area contributed by atoms with Gasteiger partial charge in [-0.3, -0.25) is 14.4 Å². The summed E-state index contributed by atoms with van der Waals surface area (Å²) >= 11 is 0. The largest absolute Gasteiger partial charge is 0.461 e. The number of ether oxygens (including phenoxy) is 2. The van der Waals surface area contributed by atoms with Crippen LogP contribution in [0.15, 0.2) is 0 Å². The molecule has 0 aromatic heterocycles. The highest BCUT2D eigenvalue weighted by atomic mass is 16.6. The van der Waals surface area contributed by atoms with Crippen LogP contribution < -0.4 is 0 Å². The molecule has 0 N–H and O–H groups in total. The number of carbonyl (C=O) groups excluding carboxylic acids is 3. The van der Waals surface area contributed by atoms with Gasteiger partial charge in [0.25, 0.3) is 0 Å². The van der Waals surface area contributed by atoms with Crippen LogP contribution in [-0.2, 0) is 23.9 Å². The van der Waals surface area contributed by atoms with Gasteiger partial charge in [-0.25, -0.2) is 0 Å². The zero-order valence-corrected chi connectivity index (χ0v) is 20.3. The maximum Gasteiger partial charge on any atom is 0.321 e. The molecule has 1 heterocycles. The average Bonchev–Trinajstić information content (AvgIpc) is 3.00. The molecule has 0 aliphatic carbocycles. The number of esters is 3. The molecule has 0 aromatic rings. The van der Waals surface area contributed by atoms with Crippen LogP contribution in [0.1, 0.15) is 130 Å². The van der Waals surface area contributed by atoms with Crippen molar-refractivity contribution in [2.45, 2.75) is 136 Å². The minimum Gasteiger partial charge on any atom is -0.461 e. The molecule has 0 amide bonds. The Labute approximate surface area is 190 Å². The second kappa shape index (κ2) is 17.2. The number of hydrogen-bond donors (Lipinski definition) is 0. The van der Waals surface area contributed by atoms with Crippen LogP contribution in [0.2, 0.25) is 0 Å². The lowest BCUT2D eigenvalue weighted by Crippen LogP contribution is -2.33. The first-order valence-corrected chi connectivity index (χ1v) is 13.0. The van der Waals surface area contributed by atoms with Gasteiger partial charge < -0.3 is 9.47 Å². The molecule has 5 heteroatoms. The summed E-state index contributed by atoms with van der Waals surface area (Å²) in [5.41, 5.74) is 0. The Hall–Kier alpha value is -1.39. The van der Waals surface area contributed by atoms with Crippen molar-refractivity contribution in [1.82, 2.24) is 0 Å². The maximum atomic E-state index is 12.1. The molecule has 1 fully saturated rings. The molecular weight excluding hydrogens is 392 g/mol. The Balaban J connectivity index is 1.96. The van der Waals surface area contributed by atoms with Gasteiger partial charge >= 0.3 is 17.9 Å². The summed E-state index contributed by atoms with van der Waals surface area (Å²) in [6, 6.07) is 0. The van der Waals surface area contributed by atoms with E-state index < -0.39 is 29.9 Å². The summed E-state index contributed by atoms with van der Waals surface area (Å²) in [6.07, 6.45) is 19.6. The molecule has 31 heavy (non-hydrogen) atoms. The number of hydrogen-bond acceptors (Lipinski definition) is 5. The van der Waals surface area contributed by atoms with E-state index in [1.807, 2.05) is 6.92 Å². The molecule has 0 radical (unpaired) electrons. The summed E-state index contributed by atoms with van der Waals surface area (Å²) in [5, 5.41) is 0. The fourth-order valence-corrected chi connectivity index (χ4v) is 4.36. The van der Waals surface area contributed by atoms with Gasteiger partial charge in [0, 0.05) is 6.42 Å². The van der Waals surface area contributed by atoms with Crippen molar-refractivity contribution < 1.29 is 23.9 Å². The molecule has 0 saturated carbocycles. The monoisotopic (exact) mass is 438 g/mol. The third kappa shape index (κ3) is 11.7. The quantitative estimate of drug-likeness (QED) is 0.124. The van der Waals surface area contributed by atoms with Crippen molar-refractivity contribution in [3.05, 3.63) is 0 Å². The van der Waals surface area contributed by atoms with Crippen LogP contribution in [0.4, 0.5) is 0 Å². The van der Waals surface area contributed by atoms with Crippen molar-refractivity contribution in [2.75, 3.05) is 0 Å². The molecule has 0 spiro atoms. The molecule has 5 nitrogen and oxygen atoms in total. The third-order valence-electron chi connectivity index (χ3n) is 6.45. The van der Waals surface area contributed by atoms with E-state index in [9.17, 15) is 14.4 Å². The van der Waals surface area contributed by atoms with Gasteiger partial charge in [0.15, 0.2) is 0 Å². The molecule has 1 saturated heterocycles. The molecule has 3 atom stereocenters. The Morgan fingerprint density at radius 3 is 1.61 bits per heavy atom. The normalized spacial score (nSPS) is 19.5. The first kappa shape index (κ1) is 27.6. The molecule has 0 aromatic carbocycles. The third-order valence-corrected chi connectivity index (χ3v) is 6.45. The number of rotatable bonds is 19. The fourth-order valence-electron chi connectivity index (χ4n) is 4.36. The molecular formula is C26H46O5. The van der Waals surface area contributed by atoms with Gasteiger partial charge in [0.1, 0.15) is 12.0 Å². The van der Waals surface area contributed by atoms with E-state index in [1.54, 1.807) is 6.92 Å². The van der Waals surface area contributed by atoms with Gasteiger partial charge in [0.2, 0.25) is 0 Å². The van der Waals surface area contributed by atoms with Crippen LogP contribution in [0.5, 0.6) is 0 Å². The summed E-state index contributed by atoms with van der Waals surface area (Å²) in [6.45, 7) is 5.77. The van der Waals surface area contributed by atoms with E-state index in [4.69, 9.17) is 4.74 Å². The SMILES string of the molecule is CCCCCCCCCCCCCCCCCC(=O)OC(CC)C1C(=O)OC(=O)C1C. The lowest BCUT2D eigenvalue weighted by Gasteiger charge is -2.21. The lowest BCUT2D eigenvalue weighted by atomic mass is 9.90. The van der Waals surface area contributed by atoms with E-state index in [1.165, 1.54) is 77.0 Å². The van der Waals surface area contributed by atoms with Crippen LogP contribution in [-0.4, -0.2) is 24.0 Å². The minimum absolute atomic E-state index is 0.277. The van der Waals surface area contributed by atoms with Crippen molar-refractivity contribution in [3.8, 4) is 0 Å². The number of cyclic esters (lactones) is 2. The highest BCUT2D eigenvalue weighted by molar-refractivity contribution is 5.96. The van der Waals surface area contributed by atoms with Crippen molar-refractivity contribution in [3.63, 3.8) is 0 Å². The average molecular weight is 439 g/mol. The van der Waals surface area contributed by atoms with Crippen LogP contribution >= 0.6 is 0 Å². The molecule has 1 aliphatic rings. The highest BCUT2D eigenvalue weighted by Crippen LogP contribution is 2.29. The Morgan fingerprint density at radius 1 is 0.774 bits per heavy atom. The predicted octanol–water partition coefficient (Wildman–Crippen LogP) is 6.91. The van der Waals surface area contributed by atoms with Crippen molar-refractivity contribution >= 4 is 17.9 Å². The summed E-state index contributed by atoms with van der Waals surface area (Å²) < 4.78 is 10.2. The zero-order valence-electron chi connectivity index (χ0n) is 20.3. The van der Waals surface area contributed by atoms with Crippen molar-refractivity contribution in [2.24, 2.45) is 11.8 Å². The summed E-state index contributed by atoms with van der Waals surface area (Å²) in [4.78, 5) is 35.5. The van der Waals surface area contributed by atoms with Gasteiger partial charge in [-0.2, -0.15) is 0 Å².